The molecule has 0 fully saturated rings. The average molecular weight is 282 g/mol. The number of rotatable bonds is 1. The Morgan fingerprint density at radius 1 is 1.05 bits per heavy atom. The fourth-order valence-electron chi connectivity index (χ4n) is 1.98. The summed E-state index contributed by atoms with van der Waals surface area (Å²) < 4.78 is 40.6. The van der Waals surface area contributed by atoms with Gasteiger partial charge in [0, 0.05) is 11.1 Å². The zero-order chi connectivity index (χ0) is 15.1. The van der Waals surface area contributed by atoms with Crippen LogP contribution in [0, 0.1) is 6.92 Å². The molecule has 2 aromatic rings. The molecule has 0 saturated heterocycles. The van der Waals surface area contributed by atoms with Crippen molar-refractivity contribution < 1.29 is 13.2 Å². The van der Waals surface area contributed by atoms with Crippen LogP contribution in [0.25, 0.3) is 5.69 Å². The molecule has 0 bridgehead atoms. The van der Waals surface area contributed by atoms with Gasteiger partial charge in [0.1, 0.15) is 0 Å². The van der Waals surface area contributed by atoms with Crippen LogP contribution in [0.5, 0.6) is 0 Å². The van der Waals surface area contributed by atoms with Gasteiger partial charge in [0.05, 0.1) is 16.9 Å². The highest BCUT2D eigenvalue weighted by atomic mass is 19.4. The highest BCUT2D eigenvalue weighted by Gasteiger charge is 2.34. The maximum atomic E-state index is 13.1. The van der Waals surface area contributed by atoms with Gasteiger partial charge in [-0.15, -0.1) is 0 Å². The molecule has 0 amide bonds. The Hall–Kier alpha value is -1.78. The summed E-state index contributed by atoms with van der Waals surface area (Å²) in [5.41, 5.74) is 0.640. The van der Waals surface area contributed by atoms with Crippen molar-refractivity contribution in [3.05, 3.63) is 47.3 Å². The third-order valence-electron chi connectivity index (χ3n) is 3.09. The molecule has 0 unspecified atom stereocenters. The molecule has 0 saturated carbocycles. The van der Waals surface area contributed by atoms with Gasteiger partial charge in [0.15, 0.2) is 0 Å². The molecule has 0 aliphatic rings. The molecule has 0 aliphatic heterocycles. The van der Waals surface area contributed by atoms with E-state index in [1.54, 1.807) is 13.0 Å². The van der Waals surface area contributed by atoms with Crippen molar-refractivity contribution in [1.29, 1.82) is 0 Å². The summed E-state index contributed by atoms with van der Waals surface area (Å²) in [5.74, 6) is 0. The highest BCUT2D eigenvalue weighted by molar-refractivity contribution is 5.44. The van der Waals surface area contributed by atoms with E-state index in [-0.39, 0.29) is 11.1 Å². The normalized spacial score (nSPS) is 12.8. The lowest BCUT2D eigenvalue weighted by Gasteiger charge is -2.15. The van der Waals surface area contributed by atoms with Crippen LogP contribution in [-0.2, 0) is 11.6 Å². The van der Waals surface area contributed by atoms with Gasteiger partial charge in [-0.3, -0.25) is 0 Å². The van der Waals surface area contributed by atoms with Crippen LogP contribution >= 0.6 is 0 Å². The third kappa shape index (κ3) is 2.71. The predicted octanol–water partition coefficient (Wildman–Crippen LogP) is 4.50. The minimum absolute atomic E-state index is 0.0630. The van der Waals surface area contributed by atoms with E-state index in [1.165, 1.54) is 16.8 Å². The first-order valence-corrected chi connectivity index (χ1v) is 6.34. The van der Waals surface area contributed by atoms with E-state index in [4.69, 9.17) is 0 Å². The lowest BCUT2D eigenvalue weighted by molar-refractivity contribution is -0.137. The van der Waals surface area contributed by atoms with Gasteiger partial charge in [0.2, 0.25) is 0 Å². The number of para-hydroxylation sites is 1. The van der Waals surface area contributed by atoms with Crippen molar-refractivity contribution in [3.8, 4) is 5.69 Å². The minimum atomic E-state index is -4.39. The quantitative estimate of drug-likeness (QED) is 0.753. The number of aromatic nitrogens is 2. The largest absolute Gasteiger partial charge is 0.418 e. The van der Waals surface area contributed by atoms with Crippen molar-refractivity contribution in [1.82, 2.24) is 9.78 Å². The van der Waals surface area contributed by atoms with E-state index in [2.05, 4.69) is 5.10 Å². The first-order chi connectivity index (χ1) is 9.10. The van der Waals surface area contributed by atoms with Crippen LogP contribution < -0.4 is 0 Å². The van der Waals surface area contributed by atoms with Crippen LogP contribution in [0.4, 0.5) is 13.2 Å². The van der Waals surface area contributed by atoms with Crippen LogP contribution in [0.15, 0.2) is 30.3 Å². The van der Waals surface area contributed by atoms with Crippen molar-refractivity contribution in [3.63, 3.8) is 0 Å². The molecule has 2 nitrogen and oxygen atoms in total. The van der Waals surface area contributed by atoms with Crippen LogP contribution in [0.2, 0.25) is 0 Å². The maximum Gasteiger partial charge on any atom is 0.418 e. The predicted molar refractivity (Wildman–Crippen MR) is 72.0 cm³/mol. The standard InChI is InChI=1S/C15H17F3N2/c1-10-9-13(14(2,3)4)19-20(10)12-8-6-5-7-11(12)15(16,17)18/h5-9H,1-4H3. The smallest absolute Gasteiger partial charge is 0.237 e. The van der Waals surface area contributed by atoms with Crippen molar-refractivity contribution in [2.24, 2.45) is 0 Å². The van der Waals surface area contributed by atoms with E-state index < -0.39 is 11.7 Å². The summed E-state index contributed by atoms with van der Waals surface area (Å²) >= 11 is 0. The Labute approximate surface area is 116 Å². The van der Waals surface area contributed by atoms with E-state index >= 15 is 0 Å². The number of halogens is 3. The second kappa shape index (κ2) is 4.65. The molecule has 0 spiro atoms. The lowest BCUT2D eigenvalue weighted by atomic mass is 9.92. The fourth-order valence-corrected chi connectivity index (χ4v) is 1.98. The van der Waals surface area contributed by atoms with Crippen molar-refractivity contribution >= 4 is 0 Å². The number of benzene rings is 1. The molecular formula is C15H17F3N2. The lowest BCUT2D eigenvalue weighted by Crippen LogP contribution is -2.15. The number of aryl methyl sites for hydroxylation is 1. The van der Waals surface area contributed by atoms with E-state index in [1.807, 2.05) is 26.8 Å². The molecule has 108 valence electrons. The fraction of sp³-hybridized carbons (Fsp3) is 0.400. The van der Waals surface area contributed by atoms with E-state index in [0.717, 1.165) is 11.8 Å². The molecule has 5 heteroatoms. The zero-order valence-corrected chi connectivity index (χ0v) is 11.9. The molecule has 0 radical (unpaired) electrons. The molecule has 1 heterocycles. The SMILES string of the molecule is Cc1cc(C(C)(C)C)nn1-c1ccccc1C(F)(F)F. The zero-order valence-electron chi connectivity index (χ0n) is 11.9. The van der Waals surface area contributed by atoms with E-state index in [9.17, 15) is 13.2 Å². The molecular weight excluding hydrogens is 265 g/mol. The summed E-state index contributed by atoms with van der Waals surface area (Å²) in [6, 6.07) is 7.31. The van der Waals surface area contributed by atoms with Gasteiger partial charge in [0.25, 0.3) is 0 Å². The first-order valence-electron chi connectivity index (χ1n) is 6.34. The summed E-state index contributed by atoms with van der Waals surface area (Å²) in [6.45, 7) is 7.70. The molecule has 0 aliphatic carbocycles. The Morgan fingerprint density at radius 2 is 1.65 bits per heavy atom. The molecule has 2 rings (SSSR count). The van der Waals surface area contributed by atoms with Gasteiger partial charge < -0.3 is 0 Å². The summed E-state index contributed by atoms with van der Waals surface area (Å²) in [6.07, 6.45) is -4.39. The molecule has 1 aromatic heterocycles. The van der Waals surface area contributed by atoms with Gasteiger partial charge in [-0.1, -0.05) is 32.9 Å². The number of hydrogen-bond acceptors (Lipinski definition) is 1. The number of hydrogen-bond donors (Lipinski definition) is 0. The number of nitrogens with zero attached hydrogens (tertiary/aromatic N) is 2. The molecule has 0 N–H and O–H groups in total. The Bertz CT molecular complexity index is 619. The van der Waals surface area contributed by atoms with Crippen molar-refractivity contribution in [2.75, 3.05) is 0 Å². The summed E-state index contributed by atoms with van der Waals surface area (Å²) in [7, 11) is 0. The van der Waals surface area contributed by atoms with Gasteiger partial charge in [-0.25, -0.2) is 4.68 Å². The van der Waals surface area contributed by atoms with Gasteiger partial charge >= 0.3 is 6.18 Å². The second-order valence-corrected chi connectivity index (χ2v) is 5.85. The minimum Gasteiger partial charge on any atom is -0.237 e. The average Bonchev–Trinajstić information content (AvgIpc) is 2.70. The van der Waals surface area contributed by atoms with Crippen LogP contribution in [0.3, 0.4) is 0 Å². The van der Waals surface area contributed by atoms with Crippen LogP contribution in [-0.4, -0.2) is 9.78 Å². The molecule has 1 aromatic carbocycles. The van der Waals surface area contributed by atoms with E-state index in [0.29, 0.717) is 5.69 Å². The monoisotopic (exact) mass is 282 g/mol. The van der Waals surface area contributed by atoms with Crippen molar-refractivity contribution in [2.45, 2.75) is 39.3 Å². The molecule has 0 atom stereocenters. The second-order valence-electron chi connectivity index (χ2n) is 5.85. The maximum absolute atomic E-state index is 13.1. The van der Waals surface area contributed by atoms with Gasteiger partial charge in [-0.05, 0) is 25.1 Å². The Balaban J connectivity index is 2.62. The number of alkyl halides is 3. The topological polar surface area (TPSA) is 17.8 Å². The highest BCUT2D eigenvalue weighted by Crippen LogP contribution is 2.34. The third-order valence-corrected chi connectivity index (χ3v) is 3.09. The Kier molecular flexibility index (Phi) is 3.40. The van der Waals surface area contributed by atoms with Gasteiger partial charge in [-0.2, -0.15) is 18.3 Å². The molecule has 20 heavy (non-hydrogen) atoms. The summed E-state index contributed by atoms with van der Waals surface area (Å²) in [4.78, 5) is 0. The summed E-state index contributed by atoms with van der Waals surface area (Å²) in [5, 5.41) is 4.34. The first kappa shape index (κ1) is 14.6. The Morgan fingerprint density at radius 3 is 2.15 bits per heavy atom. The van der Waals surface area contributed by atoms with Crippen LogP contribution in [0.1, 0.15) is 37.7 Å².